The summed E-state index contributed by atoms with van der Waals surface area (Å²) < 4.78 is 11.4. The summed E-state index contributed by atoms with van der Waals surface area (Å²) in [5, 5.41) is 0. The van der Waals surface area contributed by atoms with Crippen LogP contribution in [-0.2, 0) is 9.47 Å². The lowest BCUT2D eigenvalue weighted by atomic mass is 9.47. The smallest absolute Gasteiger partial charge is 0.434 e. The average Bonchev–Trinajstić information content (AvgIpc) is 3.33. The van der Waals surface area contributed by atoms with Crippen molar-refractivity contribution in [2.75, 3.05) is 6.61 Å². The average molecular weight is 599 g/mol. The maximum Gasteiger partial charge on any atom is 0.508 e. The summed E-state index contributed by atoms with van der Waals surface area (Å²) in [5.41, 5.74) is 2.43. The molecule has 0 saturated heterocycles. The molecule has 0 heterocycles. The maximum absolute atomic E-state index is 12.5. The fourth-order valence-corrected chi connectivity index (χ4v) is 10.7. The van der Waals surface area contributed by atoms with Gasteiger partial charge in [-0.2, -0.15) is 0 Å². The minimum absolute atomic E-state index is 0.00695. The third-order valence-electron chi connectivity index (χ3n) is 13.2. The number of fused-ring (bicyclic) bond motifs is 5. The predicted molar refractivity (Wildman–Crippen MR) is 181 cm³/mol. The Hall–Kier alpha value is -0.990. The zero-order chi connectivity index (χ0) is 30.9. The molecule has 0 aromatic rings. The van der Waals surface area contributed by atoms with Gasteiger partial charge in [0, 0.05) is 6.42 Å². The van der Waals surface area contributed by atoms with Gasteiger partial charge in [-0.1, -0.05) is 130 Å². The lowest BCUT2D eigenvalue weighted by molar-refractivity contribution is -0.0617. The van der Waals surface area contributed by atoms with Gasteiger partial charge in [-0.25, -0.2) is 4.79 Å². The van der Waals surface area contributed by atoms with Crippen molar-refractivity contribution in [3.8, 4) is 0 Å². The molecule has 4 aliphatic rings. The Kier molecular flexibility index (Phi) is 13.4. The van der Waals surface area contributed by atoms with E-state index in [0.717, 1.165) is 67.6 Å². The van der Waals surface area contributed by atoms with E-state index in [9.17, 15) is 4.79 Å². The van der Waals surface area contributed by atoms with Gasteiger partial charge in [0.1, 0.15) is 6.10 Å². The van der Waals surface area contributed by atoms with Gasteiger partial charge in [0.25, 0.3) is 0 Å². The van der Waals surface area contributed by atoms with Gasteiger partial charge in [0.15, 0.2) is 0 Å². The molecule has 3 nitrogen and oxygen atoms in total. The normalized spacial score (nSPS) is 34.2. The lowest BCUT2D eigenvalue weighted by Crippen LogP contribution is -2.51. The standard InChI is InChI=1S/C40H70O3/c1-7-8-9-10-11-12-13-14-15-16-28-42-38(41)43-33-24-26-39(5)32(29-33)20-21-34-36-23-22-35(31(4)19-17-18-30(2)3)40(36,6)27-25-37(34)39/h20,30-31,33-37H,7-19,21-29H2,1-6H3/t31-,33?,34?,35-,36?,37?,39+,40-/m1/s1. The highest BCUT2D eigenvalue weighted by Gasteiger charge is 2.59. The van der Waals surface area contributed by atoms with Gasteiger partial charge in [0.2, 0.25) is 0 Å². The molecule has 43 heavy (non-hydrogen) atoms. The third kappa shape index (κ3) is 8.84. The fraction of sp³-hybridized carbons (Fsp3) is 0.925. The molecule has 0 radical (unpaired) electrons. The van der Waals surface area contributed by atoms with E-state index in [0.29, 0.717) is 17.4 Å². The molecule has 0 bridgehead atoms. The van der Waals surface area contributed by atoms with Crippen LogP contribution < -0.4 is 0 Å². The highest BCUT2D eigenvalue weighted by Crippen LogP contribution is 2.67. The van der Waals surface area contributed by atoms with E-state index in [4.69, 9.17) is 9.47 Å². The van der Waals surface area contributed by atoms with Crippen LogP contribution >= 0.6 is 0 Å². The molecular weight excluding hydrogens is 528 g/mol. The molecule has 0 spiro atoms. The number of allylic oxidation sites excluding steroid dienone is 1. The molecule has 0 aromatic carbocycles. The monoisotopic (exact) mass is 599 g/mol. The molecule has 248 valence electrons. The van der Waals surface area contributed by atoms with Crippen molar-refractivity contribution in [1.82, 2.24) is 0 Å². The van der Waals surface area contributed by atoms with Gasteiger partial charge in [-0.05, 0) is 97.7 Å². The van der Waals surface area contributed by atoms with Crippen molar-refractivity contribution >= 4 is 6.16 Å². The Balaban J connectivity index is 1.19. The van der Waals surface area contributed by atoms with Crippen LogP contribution in [0.1, 0.15) is 176 Å². The highest BCUT2D eigenvalue weighted by molar-refractivity contribution is 5.60. The van der Waals surface area contributed by atoms with Gasteiger partial charge in [-0.15, -0.1) is 0 Å². The van der Waals surface area contributed by atoms with E-state index in [1.165, 1.54) is 103 Å². The van der Waals surface area contributed by atoms with Crippen LogP contribution in [0.3, 0.4) is 0 Å². The Morgan fingerprint density at radius 2 is 1.53 bits per heavy atom. The molecule has 4 unspecified atom stereocenters. The van der Waals surface area contributed by atoms with E-state index in [-0.39, 0.29) is 6.10 Å². The largest absolute Gasteiger partial charge is 0.508 e. The summed E-state index contributed by atoms with van der Waals surface area (Å²) in [4.78, 5) is 12.5. The van der Waals surface area contributed by atoms with Crippen LogP contribution in [0.4, 0.5) is 4.79 Å². The van der Waals surface area contributed by atoms with E-state index in [1.54, 1.807) is 5.57 Å². The van der Waals surface area contributed by atoms with Crippen molar-refractivity contribution in [2.45, 2.75) is 182 Å². The first kappa shape index (κ1) is 34.9. The minimum atomic E-state index is -0.438. The summed E-state index contributed by atoms with van der Waals surface area (Å²) in [7, 11) is 0. The number of carbonyl (C=O) groups is 1. The van der Waals surface area contributed by atoms with E-state index >= 15 is 0 Å². The maximum atomic E-state index is 12.5. The number of hydrogen-bond donors (Lipinski definition) is 0. The Morgan fingerprint density at radius 1 is 0.837 bits per heavy atom. The number of carbonyl (C=O) groups excluding carboxylic acids is 1. The predicted octanol–water partition coefficient (Wildman–Crippen LogP) is 12.5. The second-order valence-corrected chi connectivity index (χ2v) is 16.6. The van der Waals surface area contributed by atoms with Crippen molar-refractivity contribution in [3.05, 3.63) is 11.6 Å². The second-order valence-electron chi connectivity index (χ2n) is 16.6. The van der Waals surface area contributed by atoms with E-state index < -0.39 is 6.16 Å². The molecular formula is C40H70O3. The first-order valence-electron chi connectivity index (χ1n) is 19.2. The topological polar surface area (TPSA) is 35.5 Å². The van der Waals surface area contributed by atoms with Crippen LogP contribution in [0.15, 0.2) is 11.6 Å². The van der Waals surface area contributed by atoms with Gasteiger partial charge < -0.3 is 9.47 Å². The number of ether oxygens (including phenoxy) is 2. The lowest BCUT2D eigenvalue weighted by Gasteiger charge is -2.58. The number of hydrogen-bond acceptors (Lipinski definition) is 3. The summed E-state index contributed by atoms with van der Waals surface area (Å²) in [5.74, 6) is 5.17. The van der Waals surface area contributed by atoms with Crippen molar-refractivity contribution in [3.63, 3.8) is 0 Å². The minimum Gasteiger partial charge on any atom is -0.434 e. The Bertz CT molecular complexity index is 877. The summed E-state index contributed by atoms with van der Waals surface area (Å²) in [6.07, 6.45) is 29.3. The number of rotatable bonds is 17. The zero-order valence-corrected chi connectivity index (χ0v) is 29.4. The third-order valence-corrected chi connectivity index (χ3v) is 13.2. The van der Waals surface area contributed by atoms with Gasteiger partial charge >= 0.3 is 6.16 Å². The van der Waals surface area contributed by atoms with Crippen LogP contribution in [0.5, 0.6) is 0 Å². The zero-order valence-electron chi connectivity index (χ0n) is 29.4. The summed E-state index contributed by atoms with van der Waals surface area (Å²) in [6.45, 7) is 15.4. The molecule has 4 rings (SSSR count). The first-order chi connectivity index (χ1) is 20.7. The molecule has 3 fully saturated rings. The Labute approximate surface area is 267 Å². The molecule has 3 heteroatoms. The molecule has 4 aliphatic carbocycles. The van der Waals surface area contributed by atoms with Crippen molar-refractivity contribution < 1.29 is 14.3 Å². The number of unbranched alkanes of at least 4 members (excludes halogenated alkanes) is 9. The van der Waals surface area contributed by atoms with Crippen LogP contribution in [0, 0.1) is 46.3 Å². The van der Waals surface area contributed by atoms with Crippen molar-refractivity contribution in [2.24, 2.45) is 46.3 Å². The molecule has 8 atom stereocenters. The molecule has 0 amide bonds. The molecule has 3 saturated carbocycles. The summed E-state index contributed by atoms with van der Waals surface area (Å²) >= 11 is 0. The van der Waals surface area contributed by atoms with E-state index in [2.05, 4.69) is 47.6 Å². The second kappa shape index (κ2) is 16.5. The fourth-order valence-electron chi connectivity index (χ4n) is 10.7. The molecule has 0 aromatic heterocycles. The highest BCUT2D eigenvalue weighted by atomic mass is 16.7. The van der Waals surface area contributed by atoms with Crippen LogP contribution in [0.25, 0.3) is 0 Å². The molecule has 0 aliphatic heterocycles. The van der Waals surface area contributed by atoms with Gasteiger partial charge in [-0.3, -0.25) is 0 Å². The van der Waals surface area contributed by atoms with Gasteiger partial charge in [0.05, 0.1) is 6.61 Å². The van der Waals surface area contributed by atoms with Crippen LogP contribution in [-0.4, -0.2) is 18.9 Å². The first-order valence-corrected chi connectivity index (χ1v) is 19.2. The molecule has 0 N–H and O–H groups in total. The SMILES string of the molecule is CCCCCCCCCCCCOC(=O)OC1CC[C@@]2(C)C(=CCC3C2CC[C@@]2(C)C3CC[C@@H]2[C@H](C)CCCC(C)C)C1. The van der Waals surface area contributed by atoms with Crippen molar-refractivity contribution in [1.29, 1.82) is 0 Å². The summed E-state index contributed by atoms with van der Waals surface area (Å²) in [6, 6.07) is 0. The quantitative estimate of drug-likeness (QED) is 0.0949. The Morgan fingerprint density at radius 3 is 2.23 bits per heavy atom. The van der Waals surface area contributed by atoms with E-state index in [1.807, 2.05) is 0 Å². The van der Waals surface area contributed by atoms with Crippen LogP contribution in [0.2, 0.25) is 0 Å².